The zero-order valence-electron chi connectivity index (χ0n) is 33.0. The van der Waals surface area contributed by atoms with Crippen LogP contribution in [0.2, 0.25) is 0 Å². The molecule has 0 aliphatic rings. The van der Waals surface area contributed by atoms with Crippen LogP contribution in [0, 0.1) is 0 Å². The molecule has 58 heavy (non-hydrogen) atoms. The molecule has 1 heterocycles. The Hall–Kier alpha value is -6.90. The molecule has 0 unspecified atom stereocenters. The van der Waals surface area contributed by atoms with E-state index < -0.39 is 0 Å². The van der Waals surface area contributed by atoms with Crippen molar-refractivity contribution in [3.05, 3.63) is 206 Å². The lowest BCUT2D eigenvalue weighted by Crippen LogP contribution is -2.12. The molecule has 0 saturated heterocycles. The number of nitrogens with zero attached hydrogens (tertiary/aromatic N) is 2. The third-order valence-electron chi connectivity index (χ3n) is 11.9. The van der Waals surface area contributed by atoms with Crippen LogP contribution in [0.4, 0.5) is 17.1 Å². The molecular formula is C56H46N2. The number of hydrogen-bond acceptors (Lipinski definition) is 1. The van der Waals surface area contributed by atoms with Crippen LogP contribution < -0.4 is 4.90 Å². The summed E-state index contributed by atoms with van der Waals surface area (Å²) in [6, 6.07) is 73.6. The fraction of sp³-hybridized carbons (Fsp3) is 0.107. The molecule has 0 aliphatic carbocycles. The summed E-state index contributed by atoms with van der Waals surface area (Å²) in [5.41, 5.74) is 13.4. The van der Waals surface area contributed by atoms with E-state index in [2.05, 4.69) is 217 Å². The summed E-state index contributed by atoms with van der Waals surface area (Å²) < 4.78 is 2.40. The third-order valence-corrected chi connectivity index (χ3v) is 11.9. The number of hydrogen-bond donors (Lipinski definition) is 0. The molecule has 0 amide bonds. The number of fused-ring (bicyclic) bond motifs is 5. The molecule has 0 saturated carbocycles. The first kappa shape index (κ1) is 35.5. The Labute approximate surface area is 341 Å². The van der Waals surface area contributed by atoms with E-state index in [-0.39, 0.29) is 0 Å². The standard InChI is InChI=1S/C56H46N2/c1-2-3-4-17-28-47-48-34-31-43(41-22-11-6-12-23-41)38-53(48)56(50-35-32-42(37-51(47)50)40-20-9-5-10-21-40)57(44-24-13-7-14-25-44)46-33-36-55-52(39-46)49-29-18-19-30-54(49)58(55)45-26-15-8-16-27-45/h5-16,18-27,29-39H,2-4,17,28H2,1H3. The highest BCUT2D eigenvalue weighted by atomic mass is 15.1. The van der Waals surface area contributed by atoms with Gasteiger partial charge in [-0.2, -0.15) is 0 Å². The number of anilines is 3. The van der Waals surface area contributed by atoms with E-state index in [9.17, 15) is 0 Å². The number of para-hydroxylation sites is 3. The van der Waals surface area contributed by atoms with Crippen LogP contribution >= 0.6 is 0 Å². The number of rotatable bonds is 11. The van der Waals surface area contributed by atoms with Gasteiger partial charge in [-0.3, -0.25) is 0 Å². The van der Waals surface area contributed by atoms with E-state index >= 15 is 0 Å². The van der Waals surface area contributed by atoms with Gasteiger partial charge in [0.2, 0.25) is 0 Å². The van der Waals surface area contributed by atoms with Crippen molar-refractivity contribution in [2.45, 2.75) is 39.0 Å². The average Bonchev–Trinajstić information content (AvgIpc) is 3.63. The van der Waals surface area contributed by atoms with E-state index in [1.54, 1.807) is 0 Å². The summed E-state index contributed by atoms with van der Waals surface area (Å²) >= 11 is 0. The molecule has 9 aromatic carbocycles. The molecule has 2 heteroatoms. The summed E-state index contributed by atoms with van der Waals surface area (Å²) in [5, 5.41) is 7.66. The first-order valence-electron chi connectivity index (χ1n) is 20.8. The lowest BCUT2D eigenvalue weighted by molar-refractivity contribution is 0.669. The normalized spacial score (nSPS) is 11.5. The van der Waals surface area contributed by atoms with Crippen molar-refractivity contribution >= 4 is 60.4 Å². The molecular weight excluding hydrogens is 701 g/mol. The van der Waals surface area contributed by atoms with E-state index in [1.807, 2.05) is 0 Å². The summed E-state index contributed by atoms with van der Waals surface area (Å²) in [6.07, 6.45) is 5.91. The molecule has 10 aromatic rings. The van der Waals surface area contributed by atoms with Crippen LogP contribution in [0.15, 0.2) is 200 Å². The van der Waals surface area contributed by atoms with E-state index in [1.165, 1.54) is 96.1 Å². The molecule has 2 nitrogen and oxygen atoms in total. The minimum atomic E-state index is 1.03. The van der Waals surface area contributed by atoms with Crippen LogP contribution in [0.5, 0.6) is 0 Å². The predicted molar refractivity (Wildman–Crippen MR) is 249 cm³/mol. The quantitative estimate of drug-likeness (QED) is 0.0945. The second-order valence-corrected chi connectivity index (χ2v) is 15.5. The van der Waals surface area contributed by atoms with Crippen molar-refractivity contribution in [2.75, 3.05) is 4.90 Å². The maximum Gasteiger partial charge on any atom is 0.0618 e. The summed E-state index contributed by atoms with van der Waals surface area (Å²) in [5.74, 6) is 0. The van der Waals surface area contributed by atoms with E-state index in [0.29, 0.717) is 0 Å². The summed E-state index contributed by atoms with van der Waals surface area (Å²) in [4.78, 5) is 2.52. The van der Waals surface area contributed by atoms with Crippen molar-refractivity contribution in [2.24, 2.45) is 0 Å². The second kappa shape index (κ2) is 15.6. The van der Waals surface area contributed by atoms with Crippen LogP contribution in [0.25, 0.3) is 71.3 Å². The Kier molecular flexibility index (Phi) is 9.53. The van der Waals surface area contributed by atoms with Gasteiger partial charge in [0.15, 0.2) is 0 Å². The van der Waals surface area contributed by atoms with Gasteiger partial charge in [-0.25, -0.2) is 0 Å². The van der Waals surface area contributed by atoms with Gasteiger partial charge < -0.3 is 9.47 Å². The van der Waals surface area contributed by atoms with E-state index in [0.717, 1.165) is 29.9 Å². The minimum Gasteiger partial charge on any atom is -0.309 e. The van der Waals surface area contributed by atoms with E-state index in [4.69, 9.17) is 0 Å². The largest absolute Gasteiger partial charge is 0.309 e. The fourth-order valence-corrected chi connectivity index (χ4v) is 9.09. The Morgan fingerprint density at radius 1 is 0.379 bits per heavy atom. The molecule has 10 rings (SSSR count). The van der Waals surface area contributed by atoms with Crippen molar-refractivity contribution < 1.29 is 0 Å². The molecule has 1 aromatic heterocycles. The average molecular weight is 747 g/mol. The molecule has 0 N–H and O–H groups in total. The maximum atomic E-state index is 2.52. The Morgan fingerprint density at radius 3 is 1.66 bits per heavy atom. The van der Waals surface area contributed by atoms with Gasteiger partial charge in [-0.1, -0.05) is 166 Å². The Morgan fingerprint density at radius 2 is 0.966 bits per heavy atom. The van der Waals surface area contributed by atoms with Gasteiger partial charge in [0.25, 0.3) is 0 Å². The van der Waals surface area contributed by atoms with Gasteiger partial charge in [0.1, 0.15) is 0 Å². The summed E-state index contributed by atoms with van der Waals surface area (Å²) in [7, 11) is 0. The van der Waals surface area contributed by atoms with Gasteiger partial charge in [0.05, 0.1) is 16.7 Å². The highest BCUT2D eigenvalue weighted by Crippen LogP contribution is 2.48. The number of aromatic nitrogens is 1. The number of aryl methyl sites for hydroxylation is 1. The van der Waals surface area contributed by atoms with Crippen LogP contribution in [0.3, 0.4) is 0 Å². The molecule has 0 spiro atoms. The SMILES string of the molecule is CCCCCCc1c2cc(-c3ccccc3)ccc2c(N(c2ccccc2)c2ccc3c(c2)c2ccccc2n3-c2ccccc2)c2cc(-c3ccccc3)ccc12. The Balaban J connectivity index is 1.30. The molecule has 0 bridgehead atoms. The van der Waals surface area contributed by atoms with Crippen molar-refractivity contribution in [1.82, 2.24) is 4.57 Å². The second-order valence-electron chi connectivity index (χ2n) is 15.5. The first-order chi connectivity index (χ1) is 28.8. The van der Waals surface area contributed by atoms with Crippen molar-refractivity contribution in [1.29, 1.82) is 0 Å². The molecule has 280 valence electrons. The number of unbranched alkanes of at least 4 members (excludes halogenated alkanes) is 3. The molecule has 0 radical (unpaired) electrons. The van der Waals surface area contributed by atoms with Crippen LogP contribution in [0.1, 0.15) is 38.2 Å². The molecule has 0 aliphatic heterocycles. The zero-order valence-corrected chi connectivity index (χ0v) is 33.0. The van der Waals surface area contributed by atoms with Crippen molar-refractivity contribution in [3.8, 4) is 27.9 Å². The predicted octanol–water partition coefficient (Wildman–Crippen LogP) is 16.0. The van der Waals surface area contributed by atoms with Gasteiger partial charge in [-0.15, -0.1) is 0 Å². The van der Waals surface area contributed by atoms with Gasteiger partial charge in [-0.05, 0) is 112 Å². The lowest BCUT2D eigenvalue weighted by Gasteiger charge is -2.30. The minimum absolute atomic E-state index is 1.03. The molecule has 0 atom stereocenters. The highest BCUT2D eigenvalue weighted by Gasteiger charge is 2.24. The lowest BCUT2D eigenvalue weighted by atomic mass is 9.87. The smallest absolute Gasteiger partial charge is 0.0618 e. The maximum absolute atomic E-state index is 2.52. The van der Waals surface area contributed by atoms with Gasteiger partial charge >= 0.3 is 0 Å². The summed E-state index contributed by atoms with van der Waals surface area (Å²) in [6.45, 7) is 2.30. The molecule has 0 fully saturated rings. The van der Waals surface area contributed by atoms with Gasteiger partial charge in [0, 0.05) is 38.6 Å². The third kappa shape index (κ3) is 6.41. The van der Waals surface area contributed by atoms with Crippen LogP contribution in [-0.2, 0) is 6.42 Å². The highest BCUT2D eigenvalue weighted by molar-refractivity contribution is 6.18. The van der Waals surface area contributed by atoms with Crippen molar-refractivity contribution in [3.63, 3.8) is 0 Å². The zero-order chi connectivity index (χ0) is 38.8. The first-order valence-corrected chi connectivity index (χ1v) is 20.8. The number of benzene rings is 9. The monoisotopic (exact) mass is 746 g/mol. The fourth-order valence-electron chi connectivity index (χ4n) is 9.09. The topological polar surface area (TPSA) is 8.17 Å². The Bertz CT molecular complexity index is 3020. The van der Waals surface area contributed by atoms with Crippen LogP contribution in [-0.4, -0.2) is 4.57 Å².